The highest BCUT2D eigenvalue weighted by Gasteiger charge is 2.26. The maximum absolute atomic E-state index is 12.8. The van der Waals surface area contributed by atoms with E-state index in [-0.39, 0.29) is 10.5 Å². The van der Waals surface area contributed by atoms with Gasteiger partial charge in [-0.25, -0.2) is 8.42 Å². The summed E-state index contributed by atoms with van der Waals surface area (Å²) in [4.78, 5) is 12.8. The molecule has 3 aromatic rings. The minimum absolute atomic E-state index is 0.0756. The van der Waals surface area contributed by atoms with Gasteiger partial charge in [0.15, 0.2) is 0 Å². The molecular formula is C19H18N4O5S. The number of nitrogens with one attached hydrogen (secondary N) is 1. The Morgan fingerprint density at radius 3 is 2.62 bits per heavy atom. The number of rotatable bonds is 5. The lowest BCUT2D eigenvalue weighted by molar-refractivity contribution is 0.0730. The molecule has 29 heavy (non-hydrogen) atoms. The van der Waals surface area contributed by atoms with Gasteiger partial charge in [-0.3, -0.25) is 4.79 Å². The number of anilines is 1. The van der Waals surface area contributed by atoms with E-state index in [2.05, 4.69) is 15.5 Å². The molecule has 0 aliphatic carbocycles. The Kier molecular flexibility index (Phi) is 5.38. The van der Waals surface area contributed by atoms with Crippen molar-refractivity contribution in [2.45, 2.75) is 4.90 Å². The van der Waals surface area contributed by atoms with E-state index in [4.69, 9.17) is 9.15 Å². The Labute approximate surface area is 167 Å². The second-order valence-electron chi connectivity index (χ2n) is 6.32. The number of ether oxygens (including phenoxy) is 1. The van der Waals surface area contributed by atoms with E-state index < -0.39 is 15.9 Å². The zero-order chi connectivity index (χ0) is 20.3. The van der Waals surface area contributed by atoms with Crippen LogP contribution in [0.4, 0.5) is 5.69 Å². The monoisotopic (exact) mass is 414 g/mol. The summed E-state index contributed by atoms with van der Waals surface area (Å²) < 4.78 is 37.4. The number of aromatic nitrogens is 2. The van der Waals surface area contributed by atoms with Crippen LogP contribution in [0.15, 0.2) is 64.2 Å². The number of hydrogen-bond acceptors (Lipinski definition) is 7. The Balaban J connectivity index is 1.54. The van der Waals surface area contributed by atoms with E-state index in [1.165, 1.54) is 22.8 Å². The number of morpholine rings is 1. The molecule has 10 heteroatoms. The molecule has 0 atom stereocenters. The molecule has 1 saturated heterocycles. The number of sulfonamides is 1. The number of hydrogen-bond donors (Lipinski definition) is 1. The maximum atomic E-state index is 12.8. The minimum Gasteiger partial charge on any atom is -0.423 e. The third-order valence-corrected chi connectivity index (χ3v) is 6.33. The lowest BCUT2D eigenvalue weighted by Gasteiger charge is -2.26. The number of carbonyl (C=O) groups is 1. The summed E-state index contributed by atoms with van der Waals surface area (Å²) in [6.07, 6.45) is 1.22. The Morgan fingerprint density at radius 2 is 1.86 bits per heavy atom. The molecule has 1 aromatic heterocycles. The summed E-state index contributed by atoms with van der Waals surface area (Å²) in [5.41, 5.74) is 1.42. The molecule has 150 valence electrons. The van der Waals surface area contributed by atoms with Gasteiger partial charge in [-0.15, -0.1) is 10.2 Å². The van der Waals surface area contributed by atoms with Crippen molar-refractivity contribution >= 4 is 21.6 Å². The lowest BCUT2D eigenvalue weighted by atomic mass is 10.1. The molecule has 0 radical (unpaired) electrons. The fraction of sp³-hybridized carbons (Fsp3) is 0.211. The Morgan fingerprint density at radius 1 is 1.07 bits per heavy atom. The smallest absolute Gasteiger partial charge is 0.255 e. The van der Waals surface area contributed by atoms with Gasteiger partial charge < -0.3 is 14.5 Å². The first kappa shape index (κ1) is 19.2. The summed E-state index contributed by atoms with van der Waals surface area (Å²) in [7, 11) is -3.68. The summed E-state index contributed by atoms with van der Waals surface area (Å²) in [6.45, 7) is 1.30. The number of amides is 1. The van der Waals surface area contributed by atoms with Gasteiger partial charge in [0, 0.05) is 29.9 Å². The summed E-state index contributed by atoms with van der Waals surface area (Å²) in [5, 5.41) is 10.2. The first-order chi connectivity index (χ1) is 14.0. The van der Waals surface area contributed by atoms with Crippen molar-refractivity contribution in [2.75, 3.05) is 31.6 Å². The van der Waals surface area contributed by atoms with E-state index in [1.54, 1.807) is 36.4 Å². The average molecular weight is 414 g/mol. The summed E-state index contributed by atoms with van der Waals surface area (Å²) in [6, 6.07) is 12.9. The third-order valence-electron chi connectivity index (χ3n) is 4.43. The molecule has 1 amide bonds. The van der Waals surface area contributed by atoms with Gasteiger partial charge in [0.1, 0.15) is 0 Å². The maximum Gasteiger partial charge on any atom is 0.255 e. The molecule has 0 unspecified atom stereocenters. The fourth-order valence-electron chi connectivity index (χ4n) is 2.97. The predicted molar refractivity (Wildman–Crippen MR) is 104 cm³/mol. The van der Waals surface area contributed by atoms with Gasteiger partial charge in [0.05, 0.1) is 18.1 Å². The Bertz CT molecular complexity index is 1110. The van der Waals surface area contributed by atoms with Gasteiger partial charge in [0.25, 0.3) is 5.91 Å². The van der Waals surface area contributed by atoms with Crippen LogP contribution >= 0.6 is 0 Å². The van der Waals surface area contributed by atoms with Crippen LogP contribution in [0.3, 0.4) is 0 Å². The van der Waals surface area contributed by atoms with Crippen LogP contribution in [0.2, 0.25) is 0 Å². The van der Waals surface area contributed by atoms with E-state index in [1.807, 2.05) is 0 Å². The molecule has 2 aromatic carbocycles. The third kappa shape index (κ3) is 4.19. The molecule has 1 aliphatic rings. The largest absolute Gasteiger partial charge is 0.423 e. The van der Waals surface area contributed by atoms with Crippen molar-refractivity contribution < 1.29 is 22.4 Å². The fourth-order valence-corrected chi connectivity index (χ4v) is 4.42. The molecular weight excluding hydrogens is 396 g/mol. The zero-order valence-corrected chi connectivity index (χ0v) is 16.1. The van der Waals surface area contributed by atoms with Crippen LogP contribution < -0.4 is 5.32 Å². The van der Waals surface area contributed by atoms with E-state index in [0.717, 1.165) is 0 Å². The van der Waals surface area contributed by atoms with E-state index in [9.17, 15) is 13.2 Å². The van der Waals surface area contributed by atoms with Gasteiger partial charge in [-0.1, -0.05) is 12.1 Å². The van der Waals surface area contributed by atoms with Gasteiger partial charge in [-0.05, 0) is 36.4 Å². The molecule has 9 nitrogen and oxygen atoms in total. The second-order valence-corrected chi connectivity index (χ2v) is 8.26. The Hall–Kier alpha value is -3.08. The number of carbonyl (C=O) groups excluding carboxylic acids is 1. The van der Waals surface area contributed by atoms with Crippen molar-refractivity contribution in [3.05, 3.63) is 60.5 Å². The SMILES string of the molecule is O=C(Nc1cccc(-c2nnco2)c1)c1cccc(S(=O)(=O)N2CCOCC2)c1. The molecule has 0 spiro atoms. The first-order valence-electron chi connectivity index (χ1n) is 8.90. The highest BCUT2D eigenvalue weighted by molar-refractivity contribution is 7.89. The molecule has 1 fully saturated rings. The van der Waals surface area contributed by atoms with Gasteiger partial charge >= 0.3 is 0 Å². The highest BCUT2D eigenvalue weighted by Crippen LogP contribution is 2.22. The van der Waals surface area contributed by atoms with E-state index >= 15 is 0 Å². The molecule has 1 N–H and O–H groups in total. The predicted octanol–water partition coefficient (Wildman–Crippen LogP) is 2.01. The zero-order valence-electron chi connectivity index (χ0n) is 15.3. The second kappa shape index (κ2) is 8.11. The first-order valence-corrected chi connectivity index (χ1v) is 10.3. The van der Waals surface area contributed by atoms with Crippen LogP contribution in [0.5, 0.6) is 0 Å². The number of nitrogens with zero attached hydrogens (tertiary/aromatic N) is 3. The average Bonchev–Trinajstić information content (AvgIpc) is 3.30. The highest BCUT2D eigenvalue weighted by atomic mass is 32.2. The van der Waals surface area contributed by atoms with Crippen molar-refractivity contribution in [3.63, 3.8) is 0 Å². The van der Waals surface area contributed by atoms with Crippen LogP contribution in [-0.4, -0.2) is 55.1 Å². The van der Waals surface area contributed by atoms with Gasteiger partial charge in [-0.2, -0.15) is 4.31 Å². The lowest BCUT2D eigenvalue weighted by Crippen LogP contribution is -2.40. The van der Waals surface area contributed by atoms with Crippen LogP contribution in [0.1, 0.15) is 10.4 Å². The van der Waals surface area contributed by atoms with Crippen LogP contribution in [-0.2, 0) is 14.8 Å². The topological polar surface area (TPSA) is 115 Å². The molecule has 4 rings (SSSR count). The van der Waals surface area contributed by atoms with Crippen molar-refractivity contribution in [3.8, 4) is 11.5 Å². The molecule has 2 heterocycles. The molecule has 1 aliphatic heterocycles. The van der Waals surface area contributed by atoms with Crippen LogP contribution in [0, 0.1) is 0 Å². The molecule has 0 saturated carbocycles. The quantitative estimate of drug-likeness (QED) is 0.679. The number of benzene rings is 2. The minimum atomic E-state index is -3.68. The standard InChI is InChI=1S/C19H18N4O5S/c24-18(21-16-5-1-4-15(11-16)19-22-20-13-28-19)14-3-2-6-17(12-14)29(25,26)23-7-9-27-10-8-23/h1-6,11-13H,7-10H2,(H,21,24). The van der Waals surface area contributed by atoms with Crippen molar-refractivity contribution in [1.29, 1.82) is 0 Å². The van der Waals surface area contributed by atoms with E-state index in [0.29, 0.717) is 43.4 Å². The van der Waals surface area contributed by atoms with Gasteiger partial charge in [0.2, 0.25) is 22.3 Å². The molecule has 0 bridgehead atoms. The summed E-state index contributed by atoms with van der Waals surface area (Å²) >= 11 is 0. The van der Waals surface area contributed by atoms with Crippen molar-refractivity contribution in [1.82, 2.24) is 14.5 Å². The summed E-state index contributed by atoms with van der Waals surface area (Å²) in [5.74, 6) is -0.0913. The van der Waals surface area contributed by atoms with Crippen molar-refractivity contribution in [2.24, 2.45) is 0 Å². The van der Waals surface area contributed by atoms with Crippen LogP contribution in [0.25, 0.3) is 11.5 Å². The normalized spacial score (nSPS) is 15.2.